The van der Waals surface area contributed by atoms with Crippen molar-refractivity contribution in [2.75, 3.05) is 5.73 Å². The van der Waals surface area contributed by atoms with Crippen molar-refractivity contribution < 1.29 is 8.42 Å². The van der Waals surface area contributed by atoms with Crippen LogP contribution < -0.4 is 10.5 Å². The SMILES string of the molecule is Cc1cccc(N)c1S(=O)(=O)NC1CC(C)C1. The van der Waals surface area contributed by atoms with Gasteiger partial charge in [0.15, 0.2) is 0 Å². The molecule has 0 spiro atoms. The molecular weight excluding hydrogens is 236 g/mol. The number of sulfonamides is 1. The van der Waals surface area contributed by atoms with Crippen molar-refractivity contribution in [3.63, 3.8) is 0 Å². The summed E-state index contributed by atoms with van der Waals surface area (Å²) in [5, 5.41) is 0. The third kappa shape index (κ3) is 2.45. The van der Waals surface area contributed by atoms with Crippen LogP contribution in [0.2, 0.25) is 0 Å². The molecule has 5 heteroatoms. The van der Waals surface area contributed by atoms with Crippen LogP contribution in [-0.2, 0) is 10.0 Å². The van der Waals surface area contributed by atoms with Gasteiger partial charge in [0.1, 0.15) is 4.90 Å². The first-order valence-electron chi connectivity index (χ1n) is 5.77. The Balaban J connectivity index is 2.26. The Morgan fingerprint density at radius 2 is 2.00 bits per heavy atom. The number of nitrogen functional groups attached to an aromatic ring is 1. The minimum Gasteiger partial charge on any atom is -0.398 e. The molecular formula is C12H18N2O2S. The zero-order valence-electron chi connectivity index (χ0n) is 10.1. The first-order valence-corrected chi connectivity index (χ1v) is 7.26. The molecule has 1 aliphatic rings. The fraction of sp³-hybridized carbons (Fsp3) is 0.500. The molecule has 1 fully saturated rings. The summed E-state index contributed by atoms with van der Waals surface area (Å²) in [5.41, 5.74) is 6.75. The van der Waals surface area contributed by atoms with Gasteiger partial charge in [-0.3, -0.25) is 0 Å². The molecule has 4 nitrogen and oxygen atoms in total. The van der Waals surface area contributed by atoms with Crippen LogP contribution in [0.1, 0.15) is 25.3 Å². The quantitative estimate of drug-likeness (QED) is 0.806. The Morgan fingerprint density at radius 3 is 2.53 bits per heavy atom. The Hall–Kier alpha value is -1.07. The number of anilines is 1. The van der Waals surface area contributed by atoms with E-state index >= 15 is 0 Å². The number of rotatable bonds is 3. The highest BCUT2D eigenvalue weighted by molar-refractivity contribution is 7.89. The van der Waals surface area contributed by atoms with Gasteiger partial charge in [-0.15, -0.1) is 0 Å². The largest absolute Gasteiger partial charge is 0.398 e. The number of nitrogens with one attached hydrogen (secondary N) is 1. The number of hydrogen-bond donors (Lipinski definition) is 2. The molecule has 94 valence electrons. The molecule has 0 aliphatic heterocycles. The predicted octanol–water partition coefficient (Wildman–Crippen LogP) is 1.65. The maximum absolute atomic E-state index is 12.2. The topological polar surface area (TPSA) is 72.2 Å². The van der Waals surface area contributed by atoms with E-state index in [1.54, 1.807) is 25.1 Å². The minimum atomic E-state index is -3.48. The first-order chi connectivity index (χ1) is 7.90. The molecule has 0 amide bonds. The van der Waals surface area contributed by atoms with E-state index in [1.807, 2.05) is 0 Å². The van der Waals surface area contributed by atoms with Crippen LogP contribution in [0, 0.1) is 12.8 Å². The van der Waals surface area contributed by atoms with E-state index in [0.717, 1.165) is 12.8 Å². The summed E-state index contributed by atoms with van der Waals surface area (Å²) in [6.45, 7) is 3.88. The number of aryl methyl sites for hydroxylation is 1. The van der Waals surface area contributed by atoms with Gasteiger partial charge in [0.05, 0.1) is 5.69 Å². The van der Waals surface area contributed by atoms with E-state index in [9.17, 15) is 8.42 Å². The van der Waals surface area contributed by atoms with Crippen LogP contribution >= 0.6 is 0 Å². The van der Waals surface area contributed by atoms with Crippen LogP contribution in [0.3, 0.4) is 0 Å². The van der Waals surface area contributed by atoms with Gasteiger partial charge in [0, 0.05) is 6.04 Å². The summed E-state index contributed by atoms with van der Waals surface area (Å²) in [7, 11) is -3.48. The molecule has 0 heterocycles. The summed E-state index contributed by atoms with van der Waals surface area (Å²) < 4.78 is 27.1. The molecule has 0 unspecified atom stereocenters. The van der Waals surface area contributed by atoms with Gasteiger partial charge >= 0.3 is 0 Å². The second-order valence-corrected chi connectivity index (χ2v) is 6.54. The van der Waals surface area contributed by atoms with Crippen molar-refractivity contribution in [3.05, 3.63) is 23.8 Å². The molecule has 0 atom stereocenters. The number of nitrogens with two attached hydrogens (primary N) is 1. The van der Waals surface area contributed by atoms with E-state index in [2.05, 4.69) is 11.6 Å². The normalized spacial score (nSPS) is 24.4. The van der Waals surface area contributed by atoms with Gasteiger partial charge in [0.2, 0.25) is 10.0 Å². The zero-order chi connectivity index (χ0) is 12.6. The molecule has 1 aliphatic carbocycles. The van der Waals surface area contributed by atoms with Crippen molar-refractivity contribution in [1.82, 2.24) is 4.72 Å². The smallest absolute Gasteiger partial charge is 0.243 e. The fourth-order valence-electron chi connectivity index (χ4n) is 2.32. The lowest BCUT2D eigenvalue weighted by atomic mass is 9.83. The monoisotopic (exact) mass is 254 g/mol. The summed E-state index contributed by atoms with van der Waals surface area (Å²) >= 11 is 0. The third-order valence-electron chi connectivity index (χ3n) is 3.21. The van der Waals surface area contributed by atoms with Crippen LogP contribution in [0.4, 0.5) is 5.69 Å². The van der Waals surface area contributed by atoms with Gasteiger partial charge in [-0.05, 0) is 37.3 Å². The molecule has 0 bridgehead atoms. The Labute approximate surface area is 102 Å². The first kappa shape index (κ1) is 12.4. The third-order valence-corrected chi connectivity index (χ3v) is 4.95. The molecule has 17 heavy (non-hydrogen) atoms. The van der Waals surface area contributed by atoms with Gasteiger partial charge < -0.3 is 5.73 Å². The van der Waals surface area contributed by atoms with E-state index in [-0.39, 0.29) is 10.9 Å². The van der Waals surface area contributed by atoms with Crippen LogP contribution in [0.25, 0.3) is 0 Å². The van der Waals surface area contributed by atoms with Crippen LogP contribution in [0.5, 0.6) is 0 Å². The van der Waals surface area contributed by atoms with Crippen molar-refractivity contribution in [1.29, 1.82) is 0 Å². The van der Waals surface area contributed by atoms with E-state index in [0.29, 0.717) is 17.2 Å². The standard InChI is InChI=1S/C12H18N2O2S/c1-8-6-10(7-8)14-17(15,16)12-9(2)4-3-5-11(12)13/h3-5,8,10,14H,6-7,13H2,1-2H3. The Kier molecular flexibility index (Phi) is 3.14. The number of hydrogen-bond acceptors (Lipinski definition) is 3. The van der Waals surface area contributed by atoms with Gasteiger partial charge in [-0.2, -0.15) is 0 Å². The van der Waals surface area contributed by atoms with Crippen LogP contribution in [0.15, 0.2) is 23.1 Å². The second kappa shape index (κ2) is 4.31. The molecule has 3 N–H and O–H groups in total. The summed E-state index contributed by atoms with van der Waals surface area (Å²) in [4.78, 5) is 0.222. The summed E-state index contributed by atoms with van der Waals surface area (Å²) in [5.74, 6) is 0.608. The van der Waals surface area contributed by atoms with Crippen molar-refractivity contribution in [3.8, 4) is 0 Å². The highest BCUT2D eigenvalue weighted by Crippen LogP contribution is 2.29. The number of benzene rings is 1. The highest BCUT2D eigenvalue weighted by Gasteiger charge is 2.31. The maximum Gasteiger partial charge on any atom is 0.243 e. The molecule has 0 aromatic heterocycles. The lowest BCUT2D eigenvalue weighted by Gasteiger charge is -2.33. The average Bonchev–Trinajstić information content (AvgIpc) is 2.14. The fourth-order valence-corrected chi connectivity index (χ4v) is 3.94. The van der Waals surface area contributed by atoms with Crippen molar-refractivity contribution in [2.24, 2.45) is 5.92 Å². The Morgan fingerprint density at radius 1 is 1.35 bits per heavy atom. The summed E-state index contributed by atoms with van der Waals surface area (Å²) in [6.07, 6.45) is 1.82. The Bertz CT molecular complexity index is 499. The van der Waals surface area contributed by atoms with Gasteiger partial charge in [-0.25, -0.2) is 13.1 Å². The predicted molar refractivity (Wildman–Crippen MR) is 68.1 cm³/mol. The van der Waals surface area contributed by atoms with Gasteiger partial charge in [0.25, 0.3) is 0 Å². The minimum absolute atomic E-state index is 0.0639. The zero-order valence-corrected chi connectivity index (χ0v) is 10.9. The van der Waals surface area contributed by atoms with E-state index in [1.165, 1.54) is 0 Å². The van der Waals surface area contributed by atoms with E-state index < -0.39 is 10.0 Å². The summed E-state index contributed by atoms with van der Waals surface area (Å²) in [6, 6.07) is 5.20. The molecule has 2 rings (SSSR count). The lowest BCUT2D eigenvalue weighted by Crippen LogP contribution is -2.43. The van der Waals surface area contributed by atoms with Crippen LogP contribution in [-0.4, -0.2) is 14.5 Å². The molecule has 0 radical (unpaired) electrons. The molecule has 1 aromatic carbocycles. The highest BCUT2D eigenvalue weighted by atomic mass is 32.2. The maximum atomic E-state index is 12.2. The molecule has 1 saturated carbocycles. The molecule has 1 aromatic rings. The van der Waals surface area contributed by atoms with Gasteiger partial charge in [-0.1, -0.05) is 19.1 Å². The average molecular weight is 254 g/mol. The van der Waals surface area contributed by atoms with E-state index in [4.69, 9.17) is 5.73 Å². The molecule has 0 saturated heterocycles. The second-order valence-electron chi connectivity index (χ2n) is 4.89. The van der Waals surface area contributed by atoms with Crippen molar-refractivity contribution in [2.45, 2.75) is 37.6 Å². The lowest BCUT2D eigenvalue weighted by molar-refractivity contribution is 0.270. The van der Waals surface area contributed by atoms with Crippen molar-refractivity contribution >= 4 is 15.7 Å².